The Morgan fingerprint density at radius 1 is 1.22 bits per heavy atom. The Labute approximate surface area is 159 Å². The summed E-state index contributed by atoms with van der Waals surface area (Å²) in [5, 5.41) is 0. The van der Waals surface area contributed by atoms with Crippen molar-refractivity contribution in [3.05, 3.63) is 35.9 Å². The van der Waals surface area contributed by atoms with Crippen LogP contribution in [-0.4, -0.2) is 55.3 Å². The molecule has 1 aliphatic heterocycles. The van der Waals surface area contributed by atoms with Crippen LogP contribution in [0.15, 0.2) is 30.3 Å². The monoisotopic (exact) mass is 377 g/mol. The van der Waals surface area contributed by atoms with Crippen molar-refractivity contribution in [2.24, 2.45) is 5.41 Å². The van der Waals surface area contributed by atoms with Crippen LogP contribution in [0.25, 0.3) is 0 Å². The van der Waals surface area contributed by atoms with E-state index in [2.05, 4.69) is 0 Å². The second-order valence-electron chi connectivity index (χ2n) is 7.43. The fraction of sp³-hybridized carbons (Fsp3) is 0.550. The van der Waals surface area contributed by atoms with E-state index in [4.69, 9.17) is 14.2 Å². The zero-order valence-electron chi connectivity index (χ0n) is 16.4. The molecule has 1 saturated heterocycles. The lowest BCUT2D eigenvalue weighted by Crippen LogP contribution is -2.53. The van der Waals surface area contributed by atoms with Crippen LogP contribution in [0, 0.1) is 5.41 Å². The number of hydrogen-bond acceptors (Lipinski definition) is 6. The average molecular weight is 377 g/mol. The Morgan fingerprint density at radius 3 is 2.37 bits per heavy atom. The molecule has 2 rings (SSSR count). The Kier molecular flexibility index (Phi) is 6.59. The molecule has 1 aromatic carbocycles. The van der Waals surface area contributed by atoms with Crippen LogP contribution >= 0.6 is 0 Å². The molecule has 0 saturated carbocycles. The van der Waals surface area contributed by atoms with Gasteiger partial charge in [-0.3, -0.25) is 14.5 Å². The van der Waals surface area contributed by atoms with Crippen molar-refractivity contribution in [1.82, 2.24) is 4.90 Å². The smallest absolute Gasteiger partial charge is 0.331 e. The molecule has 1 aliphatic rings. The Morgan fingerprint density at radius 2 is 1.85 bits per heavy atom. The van der Waals surface area contributed by atoms with Crippen LogP contribution in [0.2, 0.25) is 0 Å². The molecule has 0 aromatic heterocycles. The molecule has 27 heavy (non-hydrogen) atoms. The predicted molar refractivity (Wildman–Crippen MR) is 97.7 cm³/mol. The highest BCUT2D eigenvalue weighted by molar-refractivity contribution is 6.04. The van der Waals surface area contributed by atoms with E-state index in [9.17, 15) is 14.4 Å². The summed E-state index contributed by atoms with van der Waals surface area (Å²) in [5.41, 5.74) is 0.0399. The molecule has 148 valence electrons. The van der Waals surface area contributed by atoms with Gasteiger partial charge in [-0.25, -0.2) is 4.79 Å². The third kappa shape index (κ3) is 4.47. The number of esters is 2. The van der Waals surface area contributed by atoms with Crippen LogP contribution in [0.3, 0.4) is 0 Å². The summed E-state index contributed by atoms with van der Waals surface area (Å²) in [6.45, 7) is 7.55. The lowest BCUT2D eigenvalue weighted by molar-refractivity contribution is -0.162. The van der Waals surface area contributed by atoms with Crippen LogP contribution in [-0.2, 0) is 28.6 Å². The van der Waals surface area contributed by atoms with Gasteiger partial charge in [0.2, 0.25) is 5.91 Å². The maximum atomic E-state index is 13.5. The summed E-state index contributed by atoms with van der Waals surface area (Å²) in [6, 6.07) is 7.76. The minimum atomic E-state index is -1.18. The third-order valence-corrected chi connectivity index (χ3v) is 4.37. The maximum absolute atomic E-state index is 13.5. The van der Waals surface area contributed by atoms with E-state index in [0.717, 1.165) is 0 Å². The van der Waals surface area contributed by atoms with Gasteiger partial charge in [-0.15, -0.1) is 0 Å². The highest BCUT2D eigenvalue weighted by Crippen LogP contribution is 2.35. The summed E-state index contributed by atoms with van der Waals surface area (Å²) in [6.07, 6.45) is -0.672. The van der Waals surface area contributed by atoms with Crippen LogP contribution < -0.4 is 0 Å². The van der Waals surface area contributed by atoms with E-state index in [1.165, 1.54) is 12.0 Å². The molecule has 7 heteroatoms. The Hall–Kier alpha value is -2.41. The molecule has 1 aromatic rings. The number of rotatable bonds is 5. The van der Waals surface area contributed by atoms with E-state index in [0.29, 0.717) is 5.56 Å². The van der Waals surface area contributed by atoms with E-state index in [-0.39, 0.29) is 13.2 Å². The Bertz CT molecular complexity index is 681. The number of carbonyl (C=O) groups excluding carboxylic acids is 3. The van der Waals surface area contributed by atoms with Gasteiger partial charge in [-0.2, -0.15) is 0 Å². The van der Waals surface area contributed by atoms with Crippen molar-refractivity contribution in [1.29, 1.82) is 0 Å². The van der Waals surface area contributed by atoms with Gasteiger partial charge in [-0.1, -0.05) is 51.1 Å². The molecule has 1 fully saturated rings. The van der Waals surface area contributed by atoms with Crippen molar-refractivity contribution >= 4 is 17.8 Å². The zero-order chi connectivity index (χ0) is 20.2. The third-order valence-electron chi connectivity index (χ3n) is 4.37. The first kappa shape index (κ1) is 20.9. The first-order valence-electron chi connectivity index (χ1n) is 8.95. The van der Waals surface area contributed by atoms with E-state index in [1.807, 2.05) is 20.8 Å². The molecule has 0 unspecified atom stereocenters. The van der Waals surface area contributed by atoms with Crippen molar-refractivity contribution in [3.63, 3.8) is 0 Å². The maximum Gasteiger partial charge on any atom is 0.331 e. The largest absolute Gasteiger partial charge is 0.467 e. The van der Waals surface area contributed by atoms with Gasteiger partial charge in [0.15, 0.2) is 12.0 Å². The van der Waals surface area contributed by atoms with Crippen molar-refractivity contribution in [2.75, 3.05) is 20.3 Å². The average Bonchev–Trinajstić information content (AvgIpc) is 3.08. The lowest BCUT2D eigenvalue weighted by atomic mass is 9.91. The summed E-state index contributed by atoms with van der Waals surface area (Å²) < 4.78 is 15.7. The number of hydrogen-bond donors (Lipinski definition) is 0. The van der Waals surface area contributed by atoms with Gasteiger partial charge in [0, 0.05) is 5.41 Å². The van der Waals surface area contributed by atoms with Gasteiger partial charge in [0.25, 0.3) is 0 Å². The highest BCUT2D eigenvalue weighted by Gasteiger charge is 2.50. The predicted octanol–water partition coefficient (Wildman–Crippen LogP) is 2.11. The van der Waals surface area contributed by atoms with E-state index in [1.54, 1.807) is 37.3 Å². The highest BCUT2D eigenvalue weighted by atomic mass is 16.6. The van der Waals surface area contributed by atoms with Gasteiger partial charge in [0.1, 0.15) is 6.23 Å². The molecule has 7 nitrogen and oxygen atoms in total. The van der Waals surface area contributed by atoms with Gasteiger partial charge in [-0.05, 0) is 12.5 Å². The molecule has 0 spiro atoms. The summed E-state index contributed by atoms with van der Waals surface area (Å²) in [5.74, 6) is -2.94. The lowest BCUT2D eigenvalue weighted by Gasteiger charge is -2.36. The van der Waals surface area contributed by atoms with Crippen molar-refractivity contribution in [2.45, 2.75) is 45.9 Å². The number of benzene rings is 1. The topological polar surface area (TPSA) is 82.1 Å². The number of methoxy groups -OCH3 is 1. The molecular weight excluding hydrogens is 350 g/mol. The fourth-order valence-electron chi connectivity index (χ4n) is 3.16. The summed E-state index contributed by atoms with van der Waals surface area (Å²) in [7, 11) is 1.26. The molecule has 0 N–H and O–H groups in total. The summed E-state index contributed by atoms with van der Waals surface area (Å²) in [4.78, 5) is 39.7. The first-order chi connectivity index (χ1) is 12.7. The van der Waals surface area contributed by atoms with Gasteiger partial charge >= 0.3 is 11.9 Å². The second-order valence-corrected chi connectivity index (χ2v) is 7.43. The standard InChI is InChI=1S/C20H27NO6/c1-6-26-18(24)15(13-10-8-7-9-11-13)16(22)21-14(17(23)25-5)12-27-19(21)20(2,3)4/h7-11,14-15,19H,6,12H2,1-5H3/t14-,15-,19+/m0/s1. The number of carbonyl (C=O) groups is 3. The normalized spacial score (nSPS) is 20.9. The summed E-state index contributed by atoms with van der Waals surface area (Å²) >= 11 is 0. The molecule has 1 heterocycles. The van der Waals surface area contributed by atoms with E-state index >= 15 is 0 Å². The SMILES string of the molecule is CCOC(=O)[C@H](C(=O)N1[C@H](C(=O)OC)CO[C@@H]1C(C)(C)C)c1ccccc1. The molecule has 0 aliphatic carbocycles. The van der Waals surface area contributed by atoms with Crippen LogP contribution in [0.4, 0.5) is 0 Å². The van der Waals surface area contributed by atoms with Gasteiger partial charge < -0.3 is 14.2 Å². The van der Waals surface area contributed by atoms with Crippen molar-refractivity contribution < 1.29 is 28.6 Å². The molecule has 0 bridgehead atoms. The number of ether oxygens (including phenoxy) is 3. The molecule has 0 radical (unpaired) electrons. The number of nitrogens with zero attached hydrogens (tertiary/aromatic N) is 1. The molecule has 3 atom stereocenters. The quantitative estimate of drug-likeness (QED) is 0.577. The Balaban J connectivity index is 2.48. The zero-order valence-corrected chi connectivity index (χ0v) is 16.4. The minimum absolute atomic E-state index is 0.0185. The second kappa shape index (κ2) is 8.52. The minimum Gasteiger partial charge on any atom is -0.467 e. The van der Waals surface area contributed by atoms with E-state index < -0.39 is 41.4 Å². The molecule has 1 amide bonds. The first-order valence-corrected chi connectivity index (χ1v) is 8.95. The van der Waals surface area contributed by atoms with Crippen LogP contribution in [0.5, 0.6) is 0 Å². The number of amides is 1. The molecular formula is C20H27NO6. The van der Waals surface area contributed by atoms with Crippen molar-refractivity contribution in [3.8, 4) is 0 Å². The van der Waals surface area contributed by atoms with Crippen LogP contribution in [0.1, 0.15) is 39.2 Å². The fourth-order valence-corrected chi connectivity index (χ4v) is 3.16. The van der Waals surface area contributed by atoms with Gasteiger partial charge in [0.05, 0.1) is 20.3 Å².